The van der Waals surface area contributed by atoms with Crippen molar-refractivity contribution in [1.29, 1.82) is 0 Å². The van der Waals surface area contributed by atoms with Gasteiger partial charge in [0.25, 0.3) is 0 Å². The van der Waals surface area contributed by atoms with E-state index in [4.69, 9.17) is 37.9 Å². The lowest BCUT2D eigenvalue weighted by Crippen LogP contribution is -2.58. The number of rotatable bonds is 14. The van der Waals surface area contributed by atoms with Crippen molar-refractivity contribution in [3.63, 3.8) is 0 Å². The Hall–Kier alpha value is -1.04. The van der Waals surface area contributed by atoms with Crippen molar-refractivity contribution < 1.29 is 52.9 Å². The molecule has 6 aliphatic rings. The molecule has 19 atom stereocenters. The second kappa shape index (κ2) is 19.4. The highest BCUT2D eigenvalue weighted by molar-refractivity contribution is 8.76. The van der Waals surface area contributed by atoms with Gasteiger partial charge in [0.15, 0.2) is 11.6 Å². The summed E-state index contributed by atoms with van der Waals surface area (Å²) in [5.41, 5.74) is -1.11. The highest BCUT2D eigenvalue weighted by Crippen LogP contribution is 2.57. The largest absolute Gasteiger partial charge is 0.464 e. The van der Waals surface area contributed by atoms with Crippen molar-refractivity contribution in [2.24, 2.45) is 41.4 Å². The molecule has 61 heavy (non-hydrogen) atoms. The maximum atomic E-state index is 13.2. The summed E-state index contributed by atoms with van der Waals surface area (Å²) in [5.74, 6) is -1.77. The lowest BCUT2D eigenvalue weighted by Gasteiger charge is -2.50. The van der Waals surface area contributed by atoms with Crippen molar-refractivity contribution in [1.82, 2.24) is 4.98 Å². The number of ether oxygens (including phenoxy) is 8. The van der Waals surface area contributed by atoms with Gasteiger partial charge in [0.2, 0.25) is 0 Å². The Morgan fingerprint density at radius 3 is 2.44 bits per heavy atom. The van der Waals surface area contributed by atoms with Gasteiger partial charge >= 0.3 is 5.97 Å². The third kappa shape index (κ3) is 9.91. The van der Waals surface area contributed by atoms with Gasteiger partial charge in [-0.2, -0.15) is 0 Å². The van der Waals surface area contributed by atoms with Gasteiger partial charge in [-0.1, -0.05) is 58.4 Å². The van der Waals surface area contributed by atoms with Crippen LogP contribution in [-0.2, 0) is 42.7 Å². The summed E-state index contributed by atoms with van der Waals surface area (Å²) in [6.07, 6.45) is 7.83. The van der Waals surface area contributed by atoms with Crippen LogP contribution < -0.4 is 0 Å². The average Bonchev–Trinajstić information content (AvgIpc) is 3.91. The number of esters is 1. The fourth-order valence-corrected chi connectivity index (χ4v) is 13.8. The van der Waals surface area contributed by atoms with Gasteiger partial charge in [-0.25, -0.2) is 4.98 Å². The Labute approximate surface area is 372 Å². The van der Waals surface area contributed by atoms with Crippen molar-refractivity contribution in [3.8, 4) is 0 Å². The first kappa shape index (κ1) is 47.9. The van der Waals surface area contributed by atoms with E-state index in [1.807, 2.05) is 32.0 Å². The molecule has 1 aromatic heterocycles. The molecule has 7 heterocycles. The zero-order chi connectivity index (χ0) is 43.9. The summed E-state index contributed by atoms with van der Waals surface area (Å²) in [5, 5.41) is 22.0. The minimum absolute atomic E-state index is 0.00886. The predicted octanol–water partition coefficient (Wildman–Crippen LogP) is 8.00. The van der Waals surface area contributed by atoms with Crippen molar-refractivity contribution in [2.75, 3.05) is 26.1 Å². The second-order valence-corrected chi connectivity index (χ2v) is 22.7. The minimum Gasteiger partial charge on any atom is -0.464 e. The molecule has 7 rings (SSSR count). The third-order valence-electron chi connectivity index (χ3n) is 15.6. The number of aromatic nitrogens is 1. The molecule has 12 nitrogen and oxygen atoms in total. The van der Waals surface area contributed by atoms with E-state index < -0.39 is 29.4 Å². The van der Waals surface area contributed by atoms with Crippen LogP contribution in [0.1, 0.15) is 120 Å². The number of carbonyl (C=O) groups is 1. The molecule has 0 amide bonds. The van der Waals surface area contributed by atoms with E-state index in [-0.39, 0.29) is 96.2 Å². The van der Waals surface area contributed by atoms with Crippen LogP contribution in [0.3, 0.4) is 0 Å². The summed E-state index contributed by atoms with van der Waals surface area (Å²) in [4.78, 5) is 17.6. The normalized spacial score (nSPS) is 47.1. The second-order valence-electron chi connectivity index (χ2n) is 20.3. The van der Waals surface area contributed by atoms with Crippen LogP contribution in [0, 0.1) is 41.4 Å². The summed E-state index contributed by atoms with van der Waals surface area (Å²) in [6, 6.07) is 5.83. The fraction of sp³-hybridized carbons (Fsp3) is 0.872. The molecule has 6 aliphatic heterocycles. The van der Waals surface area contributed by atoms with E-state index in [1.165, 1.54) is 0 Å². The SMILES string of the molecule is CO[C@@H]1C[C@@H](C[C@H]2CC[C@H](C)C([C@@H](C)C(=O)OCCSSc3ccccn3)O2)O[C@]2(O[C@@](C)(C3CC[C@@](C)([C@@H]4O[C@@H]([C@@H]5O[C@@](O)(CO)[C@H](C)C[C@@H]5C)C[C@@H]4C)O3)C[C@H]2C)[C@@H]1C. The summed E-state index contributed by atoms with van der Waals surface area (Å²) < 4.78 is 53.5. The van der Waals surface area contributed by atoms with Gasteiger partial charge in [-0.05, 0) is 106 Å². The van der Waals surface area contributed by atoms with Gasteiger partial charge < -0.3 is 48.1 Å². The number of methoxy groups -OCH3 is 1. The number of nitrogens with zero attached hydrogens (tertiary/aromatic N) is 1. The molecule has 0 aromatic carbocycles. The third-order valence-corrected chi connectivity index (χ3v) is 17.8. The number of hydrogen-bond acceptors (Lipinski definition) is 14. The van der Waals surface area contributed by atoms with Gasteiger partial charge in [-0.3, -0.25) is 4.79 Å². The topological polar surface area (TPSA) is 144 Å². The van der Waals surface area contributed by atoms with Crippen LogP contribution in [0.2, 0.25) is 0 Å². The van der Waals surface area contributed by atoms with Gasteiger partial charge in [0, 0.05) is 49.7 Å². The van der Waals surface area contributed by atoms with Crippen molar-refractivity contribution in [2.45, 2.75) is 197 Å². The standard InChI is InChI=1S/C47H75NO11S2/c1-27-14-15-34(54-40(27)32(6)43(50)53-19-20-60-61-39-13-11-12-18-48-39)23-35-24-36(52-10)33(7)47(56-35)31(5)25-45(9,59-47)38-16-17-44(8,57-38)42-29(3)22-37(55-42)41-28(2)21-30(4)46(51,26-49)58-41/h11-13,18,27-38,40-42,49,51H,14-17,19-26H2,1-10H3/t27-,28-,29-,30+,31+,32+,33+,34+,35+,36+,37+,38?,40?,41+,42+,44-,45+,46-,47+/m0/s1. The van der Waals surface area contributed by atoms with Gasteiger partial charge in [-0.15, -0.1) is 0 Å². The van der Waals surface area contributed by atoms with E-state index in [1.54, 1.807) is 34.9 Å². The lowest BCUT2D eigenvalue weighted by molar-refractivity contribution is -0.353. The molecule has 1 spiro atoms. The van der Waals surface area contributed by atoms with E-state index in [0.717, 1.165) is 56.4 Å². The van der Waals surface area contributed by atoms with E-state index in [9.17, 15) is 15.0 Å². The first-order chi connectivity index (χ1) is 28.9. The summed E-state index contributed by atoms with van der Waals surface area (Å²) in [7, 11) is 5.00. The number of aliphatic hydroxyl groups is 2. The van der Waals surface area contributed by atoms with E-state index in [0.29, 0.717) is 18.8 Å². The highest BCUT2D eigenvalue weighted by Gasteiger charge is 2.65. The number of pyridine rings is 1. The highest BCUT2D eigenvalue weighted by atomic mass is 33.1. The zero-order valence-corrected chi connectivity index (χ0v) is 39.9. The van der Waals surface area contributed by atoms with Crippen molar-refractivity contribution >= 4 is 27.6 Å². The maximum absolute atomic E-state index is 13.2. The molecule has 0 saturated carbocycles. The van der Waals surface area contributed by atoms with Crippen LogP contribution in [0.5, 0.6) is 0 Å². The monoisotopic (exact) mass is 893 g/mol. The summed E-state index contributed by atoms with van der Waals surface area (Å²) >= 11 is 0. The van der Waals surface area contributed by atoms with Crippen LogP contribution >= 0.6 is 21.6 Å². The molecular formula is C47H75NO11S2. The maximum Gasteiger partial charge on any atom is 0.311 e. The molecule has 0 aliphatic carbocycles. The van der Waals surface area contributed by atoms with Crippen LogP contribution in [0.15, 0.2) is 29.4 Å². The first-order valence-electron chi connectivity index (χ1n) is 23.2. The predicted molar refractivity (Wildman–Crippen MR) is 235 cm³/mol. The number of carbonyl (C=O) groups excluding carboxylic acids is 1. The molecule has 6 fully saturated rings. The Balaban J connectivity index is 0.955. The van der Waals surface area contributed by atoms with Crippen molar-refractivity contribution in [3.05, 3.63) is 24.4 Å². The molecule has 6 saturated heterocycles. The molecule has 346 valence electrons. The Bertz CT molecular complexity index is 1610. The van der Waals surface area contributed by atoms with Crippen LogP contribution in [-0.4, -0.2) is 119 Å². The molecule has 2 N–H and O–H groups in total. The lowest BCUT2D eigenvalue weighted by atomic mass is 9.78. The average molecular weight is 894 g/mol. The molecule has 0 radical (unpaired) electrons. The first-order valence-corrected chi connectivity index (χ1v) is 25.5. The summed E-state index contributed by atoms with van der Waals surface area (Å²) in [6.45, 7) is 19.2. The van der Waals surface area contributed by atoms with Gasteiger partial charge in [0.1, 0.15) is 11.6 Å². The number of hydrogen-bond donors (Lipinski definition) is 2. The molecule has 14 heteroatoms. The molecule has 0 bridgehead atoms. The Kier molecular flexibility index (Phi) is 15.3. The van der Waals surface area contributed by atoms with E-state index in [2.05, 4.69) is 53.5 Å². The number of aliphatic hydroxyl groups excluding tert-OH is 1. The van der Waals surface area contributed by atoms with Gasteiger partial charge in [0.05, 0.1) is 72.6 Å². The smallest absolute Gasteiger partial charge is 0.311 e. The Morgan fingerprint density at radius 1 is 0.934 bits per heavy atom. The Morgan fingerprint density at radius 2 is 1.72 bits per heavy atom. The quantitative estimate of drug-likeness (QED) is 0.106. The molecule has 2 unspecified atom stereocenters. The van der Waals surface area contributed by atoms with E-state index >= 15 is 0 Å². The molecular weight excluding hydrogens is 819 g/mol. The van der Waals surface area contributed by atoms with Crippen LogP contribution in [0.4, 0.5) is 0 Å². The minimum atomic E-state index is -1.56. The molecule has 1 aromatic rings. The zero-order valence-electron chi connectivity index (χ0n) is 38.3. The fourth-order valence-electron chi connectivity index (χ4n) is 12.1. The van der Waals surface area contributed by atoms with Crippen LogP contribution in [0.25, 0.3) is 0 Å².